The summed E-state index contributed by atoms with van der Waals surface area (Å²) in [4.78, 5) is 4.60. The third-order valence-electron chi connectivity index (χ3n) is 2.97. The lowest BCUT2D eigenvalue weighted by atomic mass is 10.1. The zero-order chi connectivity index (χ0) is 12.1. The van der Waals surface area contributed by atoms with E-state index in [0.717, 1.165) is 42.4 Å². The number of para-hydroxylation sites is 1. The maximum absolute atomic E-state index is 6.12. The van der Waals surface area contributed by atoms with E-state index >= 15 is 0 Å². The summed E-state index contributed by atoms with van der Waals surface area (Å²) in [6, 6.07) is 12.2. The standard InChI is InChI=1S/C14H19N3/c15-10-4-3-6-12(16)14-9-8-11-5-1-2-7-13(11)17-14/h1-2,5,7-9,12H,3-4,6,10,15-16H2/t12-/m0/s1. The molecule has 3 heteroatoms. The lowest BCUT2D eigenvalue weighted by molar-refractivity contribution is 0.581. The molecule has 0 bridgehead atoms. The van der Waals surface area contributed by atoms with Gasteiger partial charge in [-0.25, -0.2) is 0 Å². The molecular formula is C14H19N3. The van der Waals surface area contributed by atoms with Crippen LogP contribution in [0.1, 0.15) is 31.0 Å². The van der Waals surface area contributed by atoms with Crippen LogP contribution in [0.15, 0.2) is 36.4 Å². The molecule has 17 heavy (non-hydrogen) atoms. The summed E-state index contributed by atoms with van der Waals surface area (Å²) in [6.45, 7) is 0.734. The van der Waals surface area contributed by atoms with Crippen molar-refractivity contribution in [2.24, 2.45) is 11.5 Å². The topological polar surface area (TPSA) is 64.9 Å². The van der Waals surface area contributed by atoms with Crippen molar-refractivity contribution in [2.45, 2.75) is 25.3 Å². The molecule has 1 heterocycles. The number of rotatable bonds is 5. The molecule has 0 fully saturated rings. The Kier molecular flexibility index (Phi) is 4.07. The van der Waals surface area contributed by atoms with Gasteiger partial charge in [-0.3, -0.25) is 4.98 Å². The normalized spacial score (nSPS) is 12.8. The van der Waals surface area contributed by atoms with E-state index in [-0.39, 0.29) is 6.04 Å². The summed E-state index contributed by atoms with van der Waals surface area (Å²) in [5, 5.41) is 1.16. The number of aromatic nitrogens is 1. The van der Waals surface area contributed by atoms with Crippen LogP contribution in [-0.2, 0) is 0 Å². The number of fused-ring (bicyclic) bond motifs is 1. The van der Waals surface area contributed by atoms with E-state index in [2.05, 4.69) is 17.1 Å². The van der Waals surface area contributed by atoms with Gasteiger partial charge in [-0.15, -0.1) is 0 Å². The van der Waals surface area contributed by atoms with Gasteiger partial charge >= 0.3 is 0 Å². The zero-order valence-corrected chi connectivity index (χ0v) is 9.97. The number of hydrogen-bond donors (Lipinski definition) is 2. The van der Waals surface area contributed by atoms with Crippen molar-refractivity contribution in [1.82, 2.24) is 4.98 Å². The van der Waals surface area contributed by atoms with Crippen LogP contribution in [0.4, 0.5) is 0 Å². The molecule has 0 aliphatic heterocycles. The number of unbranched alkanes of at least 4 members (excludes halogenated alkanes) is 1. The Morgan fingerprint density at radius 1 is 1.06 bits per heavy atom. The van der Waals surface area contributed by atoms with Crippen molar-refractivity contribution in [2.75, 3.05) is 6.54 Å². The summed E-state index contributed by atoms with van der Waals surface area (Å²) < 4.78 is 0. The van der Waals surface area contributed by atoms with Gasteiger partial charge in [-0.1, -0.05) is 30.7 Å². The highest BCUT2D eigenvalue weighted by Gasteiger charge is 2.07. The van der Waals surface area contributed by atoms with Gasteiger partial charge in [0.25, 0.3) is 0 Å². The number of hydrogen-bond acceptors (Lipinski definition) is 3. The van der Waals surface area contributed by atoms with E-state index < -0.39 is 0 Å². The number of benzene rings is 1. The van der Waals surface area contributed by atoms with Crippen LogP contribution in [0.3, 0.4) is 0 Å². The first kappa shape index (κ1) is 12.0. The Morgan fingerprint density at radius 2 is 1.88 bits per heavy atom. The third kappa shape index (κ3) is 3.02. The minimum atomic E-state index is 0.0196. The van der Waals surface area contributed by atoms with E-state index in [0.29, 0.717) is 0 Å². The van der Waals surface area contributed by atoms with Crippen LogP contribution in [0.25, 0.3) is 10.9 Å². The summed E-state index contributed by atoms with van der Waals surface area (Å²) in [5.74, 6) is 0. The largest absolute Gasteiger partial charge is 0.330 e. The van der Waals surface area contributed by atoms with E-state index in [4.69, 9.17) is 11.5 Å². The average Bonchev–Trinajstić information content (AvgIpc) is 2.38. The quantitative estimate of drug-likeness (QED) is 0.773. The van der Waals surface area contributed by atoms with E-state index in [9.17, 15) is 0 Å². The van der Waals surface area contributed by atoms with Gasteiger partial charge < -0.3 is 11.5 Å². The van der Waals surface area contributed by atoms with Crippen LogP contribution in [-0.4, -0.2) is 11.5 Å². The smallest absolute Gasteiger partial charge is 0.0706 e. The second kappa shape index (κ2) is 5.75. The molecule has 0 saturated heterocycles. The first-order valence-electron chi connectivity index (χ1n) is 6.12. The molecule has 2 rings (SSSR count). The predicted molar refractivity (Wildman–Crippen MR) is 71.6 cm³/mol. The molecule has 1 aromatic heterocycles. The fourth-order valence-electron chi connectivity index (χ4n) is 1.94. The number of pyridine rings is 1. The van der Waals surface area contributed by atoms with Gasteiger partial charge in [0.1, 0.15) is 0 Å². The van der Waals surface area contributed by atoms with Crippen molar-refractivity contribution in [3.05, 3.63) is 42.1 Å². The molecule has 1 atom stereocenters. The number of nitrogens with two attached hydrogens (primary N) is 2. The highest BCUT2D eigenvalue weighted by molar-refractivity contribution is 5.78. The molecular weight excluding hydrogens is 210 g/mol. The van der Waals surface area contributed by atoms with Crippen LogP contribution < -0.4 is 11.5 Å². The molecule has 4 N–H and O–H groups in total. The van der Waals surface area contributed by atoms with Crippen molar-refractivity contribution in [3.8, 4) is 0 Å². The van der Waals surface area contributed by atoms with Crippen LogP contribution in [0, 0.1) is 0 Å². The fraction of sp³-hybridized carbons (Fsp3) is 0.357. The minimum absolute atomic E-state index is 0.0196. The summed E-state index contributed by atoms with van der Waals surface area (Å²) >= 11 is 0. The van der Waals surface area contributed by atoms with Crippen molar-refractivity contribution in [1.29, 1.82) is 0 Å². The molecule has 0 saturated carbocycles. The highest BCUT2D eigenvalue weighted by Crippen LogP contribution is 2.18. The summed E-state index contributed by atoms with van der Waals surface area (Å²) in [7, 11) is 0. The molecule has 1 aromatic carbocycles. The Hall–Kier alpha value is -1.45. The molecule has 90 valence electrons. The Labute approximate surface area is 102 Å². The lowest BCUT2D eigenvalue weighted by Crippen LogP contribution is -2.12. The maximum Gasteiger partial charge on any atom is 0.0706 e. The van der Waals surface area contributed by atoms with Crippen molar-refractivity contribution >= 4 is 10.9 Å². The van der Waals surface area contributed by atoms with Gasteiger partial charge in [-0.2, -0.15) is 0 Å². The molecule has 3 nitrogen and oxygen atoms in total. The van der Waals surface area contributed by atoms with Gasteiger partial charge in [0.2, 0.25) is 0 Å². The van der Waals surface area contributed by atoms with Gasteiger partial charge in [0.15, 0.2) is 0 Å². The van der Waals surface area contributed by atoms with E-state index in [1.807, 2.05) is 24.3 Å². The van der Waals surface area contributed by atoms with Crippen LogP contribution >= 0.6 is 0 Å². The van der Waals surface area contributed by atoms with E-state index in [1.165, 1.54) is 0 Å². The number of nitrogens with zero attached hydrogens (tertiary/aromatic N) is 1. The molecule has 0 aliphatic carbocycles. The molecule has 0 radical (unpaired) electrons. The van der Waals surface area contributed by atoms with Gasteiger partial charge in [0.05, 0.1) is 11.2 Å². The summed E-state index contributed by atoms with van der Waals surface area (Å²) in [6.07, 6.45) is 3.04. The highest BCUT2D eigenvalue weighted by atomic mass is 14.8. The lowest BCUT2D eigenvalue weighted by Gasteiger charge is -2.11. The van der Waals surface area contributed by atoms with Gasteiger partial charge in [-0.05, 0) is 31.5 Å². The zero-order valence-electron chi connectivity index (χ0n) is 9.97. The molecule has 2 aromatic rings. The second-order valence-corrected chi connectivity index (χ2v) is 4.32. The molecule has 0 unspecified atom stereocenters. The monoisotopic (exact) mass is 229 g/mol. The first-order valence-corrected chi connectivity index (χ1v) is 6.12. The Balaban J connectivity index is 2.12. The SMILES string of the molecule is NCCCC[C@H](N)c1ccc2ccccc2n1. The maximum atomic E-state index is 6.12. The van der Waals surface area contributed by atoms with Crippen LogP contribution in [0.5, 0.6) is 0 Å². The van der Waals surface area contributed by atoms with Gasteiger partial charge in [0, 0.05) is 11.4 Å². The first-order chi connectivity index (χ1) is 8.31. The van der Waals surface area contributed by atoms with Crippen molar-refractivity contribution < 1.29 is 0 Å². The van der Waals surface area contributed by atoms with Crippen LogP contribution in [0.2, 0.25) is 0 Å². The average molecular weight is 229 g/mol. The van der Waals surface area contributed by atoms with E-state index in [1.54, 1.807) is 0 Å². The van der Waals surface area contributed by atoms with Crippen molar-refractivity contribution in [3.63, 3.8) is 0 Å². The third-order valence-corrected chi connectivity index (χ3v) is 2.97. The second-order valence-electron chi connectivity index (χ2n) is 4.32. The minimum Gasteiger partial charge on any atom is -0.330 e. The molecule has 0 spiro atoms. The fourth-order valence-corrected chi connectivity index (χ4v) is 1.94. The molecule has 0 aliphatic rings. The summed E-state index contributed by atoms with van der Waals surface area (Å²) in [5.41, 5.74) is 13.6. The Bertz CT molecular complexity index is 482. The molecule has 0 amide bonds. The predicted octanol–water partition coefficient (Wildman–Crippen LogP) is 2.36. The Morgan fingerprint density at radius 3 is 2.71 bits per heavy atom.